The summed E-state index contributed by atoms with van der Waals surface area (Å²) < 4.78 is 52.5. The summed E-state index contributed by atoms with van der Waals surface area (Å²) in [5.41, 5.74) is -0.221. The number of pyridine rings is 1. The molecule has 0 unspecified atom stereocenters. The fraction of sp³-hybridized carbons (Fsp3) is 0.333. The van der Waals surface area contributed by atoms with E-state index in [1.54, 1.807) is 11.8 Å². The second-order valence-corrected chi connectivity index (χ2v) is 6.97. The maximum Gasteiger partial charge on any atom is 0.417 e. The Morgan fingerprint density at radius 1 is 1.16 bits per heavy atom. The molecule has 1 aromatic carbocycles. The van der Waals surface area contributed by atoms with Gasteiger partial charge in [0.25, 0.3) is 5.91 Å². The molecule has 2 heterocycles. The van der Waals surface area contributed by atoms with Crippen molar-refractivity contribution in [2.75, 3.05) is 6.54 Å². The van der Waals surface area contributed by atoms with Crippen molar-refractivity contribution in [3.8, 4) is 5.69 Å². The summed E-state index contributed by atoms with van der Waals surface area (Å²) in [6.07, 6.45) is 0.00749. The lowest BCUT2D eigenvalue weighted by atomic mass is 10.1. The summed E-state index contributed by atoms with van der Waals surface area (Å²) in [6, 6.07) is 6.25. The molecule has 0 spiro atoms. The van der Waals surface area contributed by atoms with Gasteiger partial charge in [0.15, 0.2) is 5.82 Å². The molecule has 1 atom stereocenters. The smallest absolute Gasteiger partial charge is 0.336 e. The maximum absolute atomic E-state index is 14.5. The van der Waals surface area contributed by atoms with Crippen LogP contribution in [0.15, 0.2) is 48.9 Å². The molecule has 0 N–H and O–H groups in total. The second kappa shape index (κ2) is 9.23. The van der Waals surface area contributed by atoms with E-state index < -0.39 is 17.6 Å². The molecule has 1 amide bonds. The topological polar surface area (TPSA) is 63.9 Å². The van der Waals surface area contributed by atoms with Crippen molar-refractivity contribution in [3.63, 3.8) is 0 Å². The Bertz CT molecular complexity index is 1020. The van der Waals surface area contributed by atoms with Crippen LogP contribution in [0.1, 0.15) is 41.9 Å². The molecule has 0 saturated carbocycles. The zero-order valence-corrected chi connectivity index (χ0v) is 17.0. The summed E-state index contributed by atoms with van der Waals surface area (Å²) in [6.45, 7) is 4.00. The number of para-hydroxylation sites is 1. The Kier molecular flexibility index (Phi) is 6.67. The van der Waals surface area contributed by atoms with Crippen molar-refractivity contribution in [3.05, 3.63) is 71.6 Å². The highest BCUT2D eigenvalue weighted by molar-refractivity contribution is 5.98. The van der Waals surface area contributed by atoms with Gasteiger partial charge in [-0.05, 0) is 51.0 Å². The molecule has 0 fully saturated rings. The largest absolute Gasteiger partial charge is 0.417 e. The van der Waals surface area contributed by atoms with Gasteiger partial charge in [-0.3, -0.25) is 9.78 Å². The Morgan fingerprint density at radius 2 is 1.87 bits per heavy atom. The van der Waals surface area contributed by atoms with Crippen LogP contribution in [0.25, 0.3) is 5.69 Å². The lowest BCUT2D eigenvalue weighted by molar-refractivity contribution is -0.137. The van der Waals surface area contributed by atoms with E-state index >= 15 is 0 Å². The van der Waals surface area contributed by atoms with Gasteiger partial charge in [-0.2, -0.15) is 23.4 Å². The average Bonchev–Trinajstić information content (AvgIpc) is 3.26. The summed E-state index contributed by atoms with van der Waals surface area (Å²) in [7, 11) is 0. The first-order valence-electron chi connectivity index (χ1n) is 9.70. The number of benzene rings is 1. The lowest BCUT2D eigenvalue weighted by Gasteiger charge is -2.29. The number of nitrogens with zero attached hydrogens (tertiary/aromatic N) is 5. The van der Waals surface area contributed by atoms with Crippen molar-refractivity contribution in [2.24, 2.45) is 0 Å². The number of halogens is 4. The minimum absolute atomic E-state index is 0.0347. The number of aromatic nitrogens is 4. The van der Waals surface area contributed by atoms with Gasteiger partial charge in [-0.15, -0.1) is 4.80 Å². The standard InChI is InChI=1S/C21H21F4N5O/c1-3-29(14(2)7-9-16-10-8-15(13-26-16)21(23,24)25)20(31)17-5-4-6-18(22)19(17)30-27-11-12-28-30/h4-6,8,10-14H,3,7,9H2,1-2H3/t14-/m0/s1. The van der Waals surface area contributed by atoms with E-state index in [2.05, 4.69) is 15.2 Å². The van der Waals surface area contributed by atoms with Gasteiger partial charge >= 0.3 is 6.18 Å². The van der Waals surface area contributed by atoms with E-state index in [4.69, 9.17) is 0 Å². The van der Waals surface area contributed by atoms with Crippen LogP contribution in [0.3, 0.4) is 0 Å². The number of amides is 1. The number of alkyl halides is 3. The molecule has 3 rings (SSSR count). The highest BCUT2D eigenvalue weighted by Gasteiger charge is 2.30. The molecule has 6 nitrogen and oxygen atoms in total. The molecule has 31 heavy (non-hydrogen) atoms. The molecule has 10 heteroatoms. The predicted octanol–water partition coefficient (Wildman–Crippen LogP) is 4.30. The van der Waals surface area contributed by atoms with Gasteiger partial charge in [0, 0.05) is 24.5 Å². The van der Waals surface area contributed by atoms with Crippen LogP contribution in [0.5, 0.6) is 0 Å². The van der Waals surface area contributed by atoms with Crippen molar-refractivity contribution in [1.29, 1.82) is 0 Å². The molecular formula is C21H21F4N5O. The van der Waals surface area contributed by atoms with Gasteiger partial charge in [0.2, 0.25) is 0 Å². The molecule has 0 aliphatic carbocycles. The number of aryl methyl sites for hydroxylation is 1. The van der Waals surface area contributed by atoms with Crippen molar-refractivity contribution in [1.82, 2.24) is 24.9 Å². The fourth-order valence-electron chi connectivity index (χ4n) is 3.29. The first-order chi connectivity index (χ1) is 14.7. The number of rotatable bonds is 7. The zero-order valence-electron chi connectivity index (χ0n) is 17.0. The van der Waals surface area contributed by atoms with E-state index in [1.165, 1.54) is 36.7 Å². The molecule has 3 aromatic rings. The van der Waals surface area contributed by atoms with Crippen molar-refractivity contribution < 1.29 is 22.4 Å². The Labute approximate surface area is 176 Å². The third-order valence-electron chi connectivity index (χ3n) is 4.94. The molecule has 164 valence electrons. The highest BCUT2D eigenvalue weighted by atomic mass is 19.4. The van der Waals surface area contributed by atoms with Crippen LogP contribution in [0, 0.1) is 5.82 Å². The quantitative estimate of drug-likeness (QED) is 0.519. The fourth-order valence-corrected chi connectivity index (χ4v) is 3.29. The lowest BCUT2D eigenvalue weighted by Crippen LogP contribution is -2.39. The van der Waals surface area contributed by atoms with Crippen LogP contribution in [-0.4, -0.2) is 43.4 Å². The predicted molar refractivity (Wildman–Crippen MR) is 105 cm³/mol. The van der Waals surface area contributed by atoms with Gasteiger partial charge in [-0.25, -0.2) is 4.39 Å². The molecule has 0 bridgehead atoms. The third kappa shape index (κ3) is 5.07. The molecule has 0 aliphatic heterocycles. The van der Waals surface area contributed by atoms with Crippen LogP contribution < -0.4 is 0 Å². The molecule has 0 saturated heterocycles. The number of hydrogen-bond acceptors (Lipinski definition) is 4. The van der Waals surface area contributed by atoms with Crippen LogP contribution in [-0.2, 0) is 12.6 Å². The monoisotopic (exact) mass is 435 g/mol. The maximum atomic E-state index is 14.5. The molecule has 2 aromatic heterocycles. The first-order valence-corrected chi connectivity index (χ1v) is 9.70. The van der Waals surface area contributed by atoms with Gasteiger partial charge in [-0.1, -0.05) is 6.07 Å². The summed E-state index contributed by atoms with van der Waals surface area (Å²) >= 11 is 0. The molecule has 0 radical (unpaired) electrons. The van der Waals surface area contributed by atoms with Gasteiger partial charge in [0.1, 0.15) is 5.69 Å². The number of carbonyl (C=O) groups excluding carboxylic acids is 1. The normalized spacial score (nSPS) is 12.6. The van der Waals surface area contributed by atoms with E-state index in [1.807, 2.05) is 6.92 Å². The van der Waals surface area contributed by atoms with Gasteiger partial charge < -0.3 is 4.90 Å². The van der Waals surface area contributed by atoms with E-state index in [0.717, 1.165) is 17.1 Å². The molecule has 0 aliphatic rings. The number of hydrogen-bond donors (Lipinski definition) is 0. The van der Waals surface area contributed by atoms with Crippen LogP contribution >= 0.6 is 0 Å². The highest BCUT2D eigenvalue weighted by Crippen LogP contribution is 2.28. The van der Waals surface area contributed by atoms with E-state index in [-0.39, 0.29) is 23.2 Å². The second-order valence-electron chi connectivity index (χ2n) is 6.97. The van der Waals surface area contributed by atoms with E-state index in [0.29, 0.717) is 25.1 Å². The average molecular weight is 435 g/mol. The minimum atomic E-state index is -4.43. The van der Waals surface area contributed by atoms with E-state index in [9.17, 15) is 22.4 Å². The van der Waals surface area contributed by atoms with Crippen LogP contribution in [0.2, 0.25) is 0 Å². The Balaban J connectivity index is 1.75. The summed E-state index contributed by atoms with van der Waals surface area (Å²) in [5, 5.41) is 7.85. The Hall–Kier alpha value is -3.30. The first kappa shape index (κ1) is 22.4. The Morgan fingerprint density at radius 3 is 2.45 bits per heavy atom. The summed E-state index contributed by atoms with van der Waals surface area (Å²) in [4.78, 5) is 19.7. The SMILES string of the molecule is CCN(C(=O)c1cccc(F)c1-n1nccn1)[C@@H](C)CCc1ccc(C(F)(F)F)cn1. The van der Waals surface area contributed by atoms with Crippen molar-refractivity contribution in [2.45, 2.75) is 38.9 Å². The summed E-state index contributed by atoms with van der Waals surface area (Å²) in [5.74, 6) is -1.01. The van der Waals surface area contributed by atoms with Crippen LogP contribution in [0.4, 0.5) is 17.6 Å². The third-order valence-corrected chi connectivity index (χ3v) is 4.94. The zero-order chi connectivity index (χ0) is 22.6. The van der Waals surface area contributed by atoms with Gasteiger partial charge in [0.05, 0.1) is 23.5 Å². The molecular weight excluding hydrogens is 414 g/mol. The van der Waals surface area contributed by atoms with Crippen molar-refractivity contribution >= 4 is 5.91 Å². The number of carbonyl (C=O) groups is 1. The minimum Gasteiger partial charge on any atom is -0.336 e.